The fourth-order valence-electron chi connectivity index (χ4n) is 2.89. The van der Waals surface area contributed by atoms with E-state index in [4.69, 9.17) is 9.41 Å². The molecule has 0 saturated carbocycles. The molecule has 6 heteroatoms. The van der Waals surface area contributed by atoms with Gasteiger partial charge in [0.2, 0.25) is 0 Å². The quantitative estimate of drug-likeness (QED) is 0.444. The summed E-state index contributed by atoms with van der Waals surface area (Å²) in [6.45, 7) is 12.5. The lowest BCUT2D eigenvalue weighted by atomic mass is 10.0. The first-order valence-electron chi connectivity index (χ1n) is 10.3. The number of nitrogens with one attached hydrogen (secondary N) is 2. The molecule has 1 atom stereocenters. The van der Waals surface area contributed by atoms with Crippen molar-refractivity contribution in [2.75, 3.05) is 20.1 Å². The second kappa shape index (κ2) is 10.5. The fourth-order valence-corrected chi connectivity index (χ4v) is 2.89. The highest BCUT2D eigenvalue weighted by molar-refractivity contribution is 5.79. The smallest absolute Gasteiger partial charge is 0.191 e. The van der Waals surface area contributed by atoms with Crippen LogP contribution in [0.5, 0.6) is 0 Å². The van der Waals surface area contributed by atoms with Gasteiger partial charge in [-0.2, -0.15) is 0 Å². The van der Waals surface area contributed by atoms with Crippen molar-refractivity contribution in [1.29, 1.82) is 0 Å². The average Bonchev–Trinajstić information content (AvgIpc) is 3.12. The maximum Gasteiger partial charge on any atom is 0.191 e. The number of hydrogen-bond acceptors (Lipinski definition) is 4. The first-order chi connectivity index (χ1) is 13.7. The Kier molecular flexibility index (Phi) is 8.29. The monoisotopic (exact) mass is 400 g/mol. The number of aliphatic imine (C=N–C) groups is 1. The Labute approximate surface area is 175 Å². The minimum absolute atomic E-state index is 0.295. The zero-order valence-corrected chi connectivity index (χ0v) is 18.6. The van der Waals surface area contributed by atoms with Crippen LogP contribution in [0.4, 0.5) is 0 Å². The SMILES string of the molecule is CCNC(=NCc1ccccc1CN(C)C(C)C)NCC(C)(O)c1ccc(C)o1. The van der Waals surface area contributed by atoms with Gasteiger partial charge in [-0.25, -0.2) is 4.99 Å². The number of aliphatic hydroxyl groups is 1. The molecule has 1 aromatic carbocycles. The van der Waals surface area contributed by atoms with Gasteiger partial charge >= 0.3 is 0 Å². The number of benzene rings is 1. The van der Waals surface area contributed by atoms with Crippen molar-refractivity contribution in [3.63, 3.8) is 0 Å². The molecule has 3 N–H and O–H groups in total. The Morgan fingerprint density at radius 2 is 1.86 bits per heavy atom. The lowest BCUT2D eigenvalue weighted by molar-refractivity contribution is 0.0378. The van der Waals surface area contributed by atoms with Crippen molar-refractivity contribution in [3.8, 4) is 0 Å². The molecule has 0 saturated heterocycles. The molecule has 1 aromatic heterocycles. The van der Waals surface area contributed by atoms with E-state index in [-0.39, 0.29) is 0 Å². The second-order valence-electron chi connectivity index (χ2n) is 8.01. The van der Waals surface area contributed by atoms with Gasteiger partial charge in [0, 0.05) is 19.1 Å². The lowest BCUT2D eigenvalue weighted by Gasteiger charge is -2.23. The van der Waals surface area contributed by atoms with E-state index in [0.717, 1.165) is 18.8 Å². The summed E-state index contributed by atoms with van der Waals surface area (Å²) in [6, 6.07) is 12.6. The minimum Gasteiger partial charge on any atom is -0.463 e. The van der Waals surface area contributed by atoms with Crippen LogP contribution in [0, 0.1) is 6.92 Å². The summed E-state index contributed by atoms with van der Waals surface area (Å²) in [5, 5.41) is 17.2. The minimum atomic E-state index is -1.12. The summed E-state index contributed by atoms with van der Waals surface area (Å²) >= 11 is 0. The molecule has 160 valence electrons. The molecule has 1 heterocycles. The standard InChI is InChI=1S/C23H36N4O2/c1-7-24-22(26-16-23(5,28)21-13-12-18(4)29-21)25-14-19-10-8-9-11-20(19)15-27(6)17(2)3/h8-13,17,28H,7,14-16H2,1-6H3,(H2,24,25,26). The molecule has 2 aromatic rings. The van der Waals surface area contributed by atoms with Crippen molar-refractivity contribution in [2.24, 2.45) is 4.99 Å². The first-order valence-corrected chi connectivity index (χ1v) is 10.3. The molecule has 0 amide bonds. The number of nitrogens with zero attached hydrogens (tertiary/aromatic N) is 2. The molecular formula is C23H36N4O2. The molecule has 0 fully saturated rings. The van der Waals surface area contributed by atoms with E-state index in [0.29, 0.717) is 30.9 Å². The van der Waals surface area contributed by atoms with Crippen molar-refractivity contribution in [1.82, 2.24) is 15.5 Å². The van der Waals surface area contributed by atoms with E-state index >= 15 is 0 Å². The average molecular weight is 401 g/mol. The largest absolute Gasteiger partial charge is 0.463 e. The summed E-state index contributed by atoms with van der Waals surface area (Å²) in [5.41, 5.74) is 1.36. The maximum absolute atomic E-state index is 10.8. The highest BCUT2D eigenvalue weighted by Gasteiger charge is 2.27. The predicted octanol–water partition coefficient (Wildman–Crippen LogP) is 3.39. The van der Waals surface area contributed by atoms with Crippen molar-refractivity contribution in [2.45, 2.75) is 59.4 Å². The van der Waals surface area contributed by atoms with E-state index in [1.807, 2.05) is 32.0 Å². The van der Waals surface area contributed by atoms with Gasteiger partial charge in [0.1, 0.15) is 17.1 Å². The molecule has 1 unspecified atom stereocenters. The van der Waals surface area contributed by atoms with Crippen LogP contribution in [0.2, 0.25) is 0 Å². The number of aryl methyl sites for hydroxylation is 1. The molecule has 6 nitrogen and oxygen atoms in total. The van der Waals surface area contributed by atoms with Crippen LogP contribution in [0.25, 0.3) is 0 Å². The number of furan rings is 1. The van der Waals surface area contributed by atoms with Gasteiger partial charge in [0.15, 0.2) is 5.96 Å². The molecule has 0 bridgehead atoms. The summed E-state index contributed by atoms with van der Waals surface area (Å²) in [4.78, 5) is 7.05. The molecular weight excluding hydrogens is 364 g/mol. The lowest BCUT2D eigenvalue weighted by Crippen LogP contribution is -2.44. The van der Waals surface area contributed by atoms with E-state index < -0.39 is 5.60 Å². The normalized spacial score (nSPS) is 14.3. The Morgan fingerprint density at radius 1 is 1.17 bits per heavy atom. The number of hydrogen-bond donors (Lipinski definition) is 3. The van der Waals surface area contributed by atoms with Crippen LogP contribution in [0.3, 0.4) is 0 Å². The van der Waals surface area contributed by atoms with Crippen LogP contribution in [-0.4, -0.2) is 42.1 Å². The van der Waals surface area contributed by atoms with E-state index in [1.54, 1.807) is 6.92 Å². The van der Waals surface area contributed by atoms with Crippen molar-refractivity contribution >= 4 is 5.96 Å². The van der Waals surface area contributed by atoms with Gasteiger partial charge in [-0.1, -0.05) is 24.3 Å². The van der Waals surface area contributed by atoms with Crippen LogP contribution in [-0.2, 0) is 18.7 Å². The molecule has 2 rings (SSSR count). The van der Waals surface area contributed by atoms with Crippen molar-refractivity contribution < 1.29 is 9.52 Å². The first kappa shape index (κ1) is 23.0. The molecule has 0 aliphatic rings. The molecule has 29 heavy (non-hydrogen) atoms. The van der Waals surface area contributed by atoms with Crippen LogP contribution in [0.15, 0.2) is 45.8 Å². The van der Waals surface area contributed by atoms with Gasteiger partial charge in [-0.05, 0) is 64.9 Å². The topological polar surface area (TPSA) is 73.0 Å². The van der Waals surface area contributed by atoms with Gasteiger partial charge in [-0.3, -0.25) is 4.90 Å². The molecule has 0 radical (unpaired) electrons. The summed E-state index contributed by atoms with van der Waals surface area (Å²) in [6.07, 6.45) is 0. The highest BCUT2D eigenvalue weighted by atomic mass is 16.4. The zero-order valence-electron chi connectivity index (χ0n) is 18.6. The van der Waals surface area contributed by atoms with E-state index in [1.165, 1.54) is 11.1 Å². The zero-order chi connectivity index (χ0) is 21.4. The van der Waals surface area contributed by atoms with Gasteiger partial charge < -0.3 is 20.2 Å². The third-order valence-electron chi connectivity index (χ3n) is 5.04. The number of guanidine groups is 1. The van der Waals surface area contributed by atoms with Crippen LogP contribution in [0.1, 0.15) is 50.3 Å². The Morgan fingerprint density at radius 3 is 2.45 bits per heavy atom. The Bertz CT molecular complexity index is 796. The highest BCUT2D eigenvalue weighted by Crippen LogP contribution is 2.22. The summed E-state index contributed by atoms with van der Waals surface area (Å²) in [5.74, 6) is 1.99. The third-order valence-corrected chi connectivity index (χ3v) is 5.04. The Hall–Kier alpha value is -2.31. The molecule has 0 spiro atoms. The predicted molar refractivity (Wildman–Crippen MR) is 119 cm³/mol. The second-order valence-corrected chi connectivity index (χ2v) is 8.01. The summed E-state index contributed by atoms with van der Waals surface area (Å²) < 4.78 is 5.59. The molecule has 0 aliphatic heterocycles. The fraction of sp³-hybridized carbons (Fsp3) is 0.522. The van der Waals surface area contributed by atoms with Crippen LogP contribution < -0.4 is 10.6 Å². The molecule has 0 aliphatic carbocycles. The van der Waals surface area contributed by atoms with Crippen LogP contribution >= 0.6 is 0 Å². The van der Waals surface area contributed by atoms with Crippen molar-refractivity contribution in [3.05, 3.63) is 59.0 Å². The third kappa shape index (κ3) is 6.91. The number of rotatable bonds is 9. The van der Waals surface area contributed by atoms with Gasteiger partial charge in [-0.15, -0.1) is 0 Å². The summed E-state index contributed by atoms with van der Waals surface area (Å²) in [7, 11) is 2.13. The van der Waals surface area contributed by atoms with Gasteiger partial charge in [0.05, 0.1) is 13.1 Å². The maximum atomic E-state index is 10.8. The van der Waals surface area contributed by atoms with E-state index in [2.05, 4.69) is 54.6 Å². The Balaban J connectivity index is 2.07. The van der Waals surface area contributed by atoms with E-state index in [9.17, 15) is 5.11 Å². The van der Waals surface area contributed by atoms with Gasteiger partial charge in [0.25, 0.3) is 0 Å².